The van der Waals surface area contributed by atoms with Gasteiger partial charge < -0.3 is 23.7 Å². The zero-order valence-corrected chi connectivity index (χ0v) is 15.4. The van der Waals surface area contributed by atoms with Crippen LogP contribution in [-0.2, 0) is 4.74 Å². The zero-order chi connectivity index (χ0) is 18.3. The van der Waals surface area contributed by atoms with E-state index in [4.69, 9.17) is 23.7 Å². The van der Waals surface area contributed by atoms with Gasteiger partial charge in [0.05, 0.1) is 18.8 Å². The van der Waals surface area contributed by atoms with Crippen molar-refractivity contribution in [2.24, 2.45) is 0 Å². The third-order valence-corrected chi connectivity index (χ3v) is 4.47. The molecule has 0 aromatic heterocycles. The molecule has 2 aromatic rings. The van der Waals surface area contributed by atoms with Crippen LogP contribution in [0.2, 0.25) is 0 Å². The van der Waals surface area contributed by atoms with E-state index in [1.807, 2.05) is 57.2 Å². The van der Waals surface area contributed by atoms with Gasteiger partial charge in [-0.2, -0.15) is 0 Å². The van der Waals surface area contributed by atoms with Crippen LogP contribution in [0.4, 0.5) is 0 Å². The fourth-order valence-corrected chi connectivity index (χ4v) is 3.35. The van der Waals surface area contributed by atoms with Crippen molar-refractivity contribution >= 4 is 5.76 Å². The van der Waals surface area contributed by atoms with Crippen molar-refractivity contribution in [3.8, 4) is 23.0 Å². The number of hydrogen-bond acceptors (Lipinski definition) is 5. The normalized spacial score (nSPS) is 17.8. The Kier molecular flexibility index (Phi) is 4.15. The van der Waals surface area contributed by atoms with Gasteiger partial charge in [0.2, 0.25) is 6.79 Å². The predicted octanol–water partition coefficient (Wildman–Crippen LogP) is 4.71. The first-order chi connectivity index (χ1) is 12.6. The molecule has 4 rings (SSSR count). The summed E-state index contributed by atoms with van der Waals surface area (Å²) in [4.78, 5) is 0. The van der Waals surface area contributed by atoms with E-state index in [0.29, 0.717) is 0 Å². The Labute approximate surface area is 153 Å². The highest BCUT2D eigenvalue weighted by molar-refractivity contribution is 5.72. The van der Waals surface area contributed by atoms with Gasteiger partial charge >= 0.3 is 0 Å². The first kappa shape index (κ1) is 16.6. The minimum absolute atomic E-state index is 0.106. The van der Waals surface area contributed by atoms with Crippen LogP contribution in [0.3, 0.4) is 0 Å². The summed E-state index contributed by atoms with van der Waals surface area (Å²) in [6.07, 6.45) is -0.140. The topological polar surface area (TPSA) is 46.2 Å². The lowest BCUT2D eigenvalue weighted by Crippen LogP contribution is -2.17. The Morgan fingerprint density at radius 1 is 1.00 bits per heavy atom. The number of ether oxygens (including phenoxy) is 5. The van der Waals surface area contributed by atoms with E-state index in [2.05, 4.69) is 0 Å². The highest BCUT2D eigenvalue weighted by atomic mass is 16.7. The molecule has 2 heterocycles. The smallest absolute Gasteiger partial charge is 0.231 e. The molecule has 136 valence electrons. The second kappa shape index (κ2) is 6.48. The molecule has 5 heteroatoms. The number of hydrogen-bond donors (Lipinski definition) is 0. The average molecular weight is 354 g/mol. The SMILES string of the molecule is COC1=C(C)C(c2ccc3c(c2)OCO3)Oc2ccc(OC(C)C)cc21. The summed E-state index contributed by atoms with van der Waals surface area (Å²) in [5.74, 6) is 3.87. The Morgan fingerprint density at radius 3 is 2.54 bits per heavy atom. The van der Waals surface area contributed by atoms with Gasteiger partial charge in [0, 0.05) is 11.1 Å². The van der Waals surface area contributed by atoms with Crippen molar-refractivity contribution in [1.82, 2.24) is 0 Å². The molecule has 0 fully saturated rings. The molecule has 0 N–H and O–H groups in total. The lowest BCUT2D eigenvalue weighted by atomic mass is 9.95. The molecular weight excluding hydrogens is 332 g/mol. The zero-order valence-electron chi connectivity index (χ0n) is 15.4. The molecule has 0 spiro atoms. The van der Waals surface area contributed by atoms with Gasteiger partial charge in [0.15, 0.2) is 11.5 Å². The fourth-order valence-electron chi connectivity index (χ4n) is 3.35. The first-order valence-electron chi connectivity index (χ1n) is 8.69. The van der Waals surface area contributed by atoms with Crippen LogP contribution in [0.5, 0.6) is 23.0 Å². The van der Waals surface area contributed by atoms with Crippen LogP contribution in [0.25, 0.3) is 5.76 Å². The van der Waals surface area contributed by atoms with Gasteiger partial charge in [-0.05, 0) is 51.1 Å². The minimum atomic E-state index is -0.246. The summed E-state index contributed by atoms with van der Waals surface area (Å²) < 4.78 is 28.7. The number of rotatable bonds is 4. The monoisotopic (exact) mass is 354 g/mol. The maximum Gasteiger partial charge on any atom is 0.231 e. The Morgan fingerprint density at radius 2 is 1.77 bits per heavy atom. The van der Waals surface area contributed by atoms with E-state index in [1.54, 1.807) is 7.11 Å². The van der Waals surface area contributed by atoms with Gasteiger partial charge in [-0.3, -0.25) is 0 Å². The summed E-state index contributed by atoms with van der Waals surface area (Å²) in [6.45, 7) is 6.28. The molecule has 5 nitrogen and oxygen atoms in total. The molecule has 0 radical (unpaired) electrons. The molecule has 0 saturated heterocycles. The van der Waals surface area contributed by atoms with Crippen molar-refractivity contribution in [2.45, 2.75) is 33.0 Å². The van der Waals surface area contributed by atoms with Gasteiger partial charge in [-0.1, -0.05) is 6.07 Å². The Balaban J connectivity index is 1.73. The summed E-state index contributed by atoms with van der Waals surface area (Å²) in [5.41, 5.74) is 2.90. The van der Waals surface area contributed by atoms with Gasteiger partial charge in [-0.15, -0.1) is 0 Å². The molecule has 0 saturated carbocycles. The second-order valence-corrected chi connectivity index (χ2v) is 6.65. The van der Waals surface area contributed by atoms with Crippen molar-refractivity contribution in [3.63, 3.8) is 0 Å². The molecule has 2 aliphatic heterocycles. The van der Waals surface area contributed by atoms with Gasteiger partial charge in [0.1, 0.15) is 23.4 Å². The Bertz CT molecular complexity index is 869. The van der Waals surface area contributed by atoms with Crippen LogP contribution < -0.4 is 18.9 Å². The van der Waals surface area contributed by atoms with E-state index in [0.717, 1.165) is 45.5 Å². The average Bonchev–Trinajstić information content (AvgIpc) is 3.08. The fraction of sp³-hybridized carbons (Fsp3) is 0.333. The molecule has 0 aliphatic carbocycles. The largest absolute Gasteiger partial charge is 0.496 e. The first-order valence-corrected chi connectivity index (χ1v) is 8.69. The van der Waals surface area contributed by atoms with Crippen molar-refractivity contribution in [2.75, 3.05) is 13.9 Å². The summed E-state index contributed by atoms with van der Waals surface area (Å²) in [5, 5.41) is 0. The van der Waals surface area contributed by atoms with Crippen LogP contribution in [-0.4, -0.2) is 20.0 Å². The lowest BCUT2D eigenvalue weighted by molar-refractivity contribution is 0.173. The minimum Gasteiger partial charge on any atom is -0.496 e. The molecular formula is C21H22O5. The molecule has 0 amide bonds. The Hall–Kier alpha value is -2.82. The van der Waals surface area contributed by atoms with E-state index in [9.17, 15) is 0 Å². The van der Waals surface area contributed by atoms with E-state index in [1.165, 1.54) is 0 Å². The highest BCUT2D eigenvalue weighted by Crippen LogP contribution is 2.45. The van der Waals surface area contributed by atoms with E-state index >= 15 is 0 Å². The number of methoxy groups -OCH3 is 1. The van der Waals surface area contributed by atoms with E-state index in [-0.39, 0.29) is 19.0 Å². The summed E-state index contributed by atoms with van der Waals surface area (Å²) in [7, 11) is 1.68. The third kappa shape index (κ3) is 2.83. The van der Waals surface area contributed by atoms with Crippen LogP contribution >= 0.6 is 0 Å². The maximum atomic E-state index is 6.29. The summed E-state index contributed by atoms with van der Waals surface area (Å²) in [6, 6.07) is 11.7. The molecule has 0 bridgehead atoms. The van der Waals surface area contributed by atoms with Gasteiger partial charge in [0.25, 0.3) is 0 Å². The quantitative estimate of drug-likeness (QED) is 0.795. The second-order valence-electron chi connectivity index (χ2n) is 6.65. The van der Waals surface area contributed by atoms with Crippen LogP contribution in [0, 0.1) is 0 Å². The van der Waals surface area contributed by atoms with Crippen molar-refractivity contribution in [3.05, 3.63) is 53.1 Å². The summed E-state index contributed by atoms with van der Waals surface area (Å²) >= 11 is 0. The molecule has 26 heavy (non-hydrogen) atoms. The molecule has 2 aliphatic rings. The van der Waals surface area contributed by atoms with Gasteiger partial charge in [-0.25, -0.2) is 0 Å². The van der Waals surface area contributed by atoms with Crippen LogP contribution in [0.15, 0.2) is 42.0 Å². The van der Waals surface area contributed by atoms with E-state index < -0.39 is 0 Å². The van der Waals surface area contributed by atoms with Crippen LogP contribution in [0.1, 0.15) is 38.0 Å². The molecule has 1 atom stereocenters. The van der Waals surface area contributed by atoms with Crippen molar-refractivity contribution in [1.29, 1.82) is 0 Å². The molecule has 2 aromatic carbocycles. The molecule has 1 unspecified atom stereocenters. The number of fused-ring (bicyclic) bond motifs is 2. The lowest BCUT2D eigenvalue weighted by Gasteiger charge is -2.29. The predicted molar refractivity (Wildman–Crippen MR) is 97.7 cm³/mol. The number of benzene rings is 2. The maximum absolute atomic E-state index is 6.29. The highest BCUT2D eigenvalue weighted by Gasteiger charge is 2.30. The third-order valence-electron chi connectivity index (χ3n) is 4.47. The standard InChI is InChI=1S/C21H22O5/c1-12(2)25-15-6-8-17-16(10-15)21(22-4)13(3)20(26-17)14-5-7-18-19(9-14)24-11-23-18/h5-10,12,20H,11H2,1-4H3. The van der Waals surface area contributed by atoms with Crippen molar-refractivity contribution < 1.29 is 23.7 Å².